The molecule has 96 valence electrons. The molecule has 0 fully saturated rings. The van der Waals surface area contributed by atoms with Crippen molar-refractivity contribution in [3.63, 3.8) is 0 Å². The monoisotopic (exact) mass is 286 g/mol. The summed E-state index contributed by atoms with van der Waals surface area (Å²) in [5.74, 6) is -1.44. The maximum Gasteiger partial charge on any atom is 0.392 e. The average Bonchev–Trinajstić information content (AvgIpc) is 2.19. The molecule has 1 aromatic rings. The molecule has 0 radical (unpaired) electrons. The van der Waals surface area contributed by atoms with Gasteiger partial charge < -0.3 is 5.43 Å². The summed E-state index contributed by atoms with van der Waals surface area (Å²) in [4.78, 5) is 0. The summed E-state index contributed by atoms with van der Waals surface area (Å²) >= 11 is 11.5. The van der Waals surface area contributed by atoms with Gasteiger partial charge in [-0.15, -0.1) is 0 Å². The molecule has 2 nitrogen and oxygen atoms in total. The molecule has 1 aromatic carbocycles. The number of rotatable bonds is 4. The van der Waals surface area contributed by atoms with Crippen LogP contribution in [0.2, 0.25) is 10.0 Å². The Morgan fingerprint density at radius 1 is 1.29 bits per heavy atom. The minimum atomic E-state index is -4.21. The van der Waals surface area contributed by atoms with Crippen LogP contribution in [0, 0.1) is 5.92 Å². The number of benzene rings is 1. The molecular formula is C10H11Cl2F3N2. The summed E-state index contributed by atoms with van der Waals surface area (Å²) < 4.78 is 36.6. The van der Waals surface area contributed by atoms with Crippen molar-refractivity contribution < 1.29 is 13.2 Å². The van der Waals surface area contributed by atoms with Crippen LogP contribution in [0.25, 0.3) is 0 Å². The van der Waals surface area contributed by atoms with Gasteiger partial charge in [0.2, 0.25) is 0 Å². The Bertz CT molecular complexity index is 382. The van der Waals surface area contributed by atoms with Gasteiger partial charge in [-0.25, -0.2) is 5.43 Å². The van der Waals surface area contributed by atoms with Crippen molar-refractivity contribution in [1.29, 1.82) is 0 Å². The fraction of sp³-hybridized carbons (Fsp3) is 0.400. The van der Waals surface area contributed by atoms with Gasteiger partial charge in [0, 0.05) is 11.6 Å². The van der Waals surface area contributed by atoms with Crippen LogP contribution < -0.4 is 10.9 Å². The molecule has 17 heavy (non-hydrogen) atoms. The van der Waals surface area contributed by atoms with Gasteiger partial charge in [-0.2, -0.15) is 13.2 Å². The van der Waals surface area contributed by atoms with E-state index in [2.05, 4.69) is 10.9 Å². The summed E-state index contributed by atoms with van der Waals surface area (Å²) in [6, 6.07) is 4.67. The predicted molar refractivity (Wildman–Crippen MR) is 63.3 cm³/mol. The van der Waals surface area contributed by atoms with E-state index in [9.17, 15) is 13.2 Å². The van der Waals surface area contributed by atoms with E-state index in [1.54, 1.807) is 12.1 Å². The zero-order valence-electron chi connectivity index (χ0n) is 8.91. The molecule has 0 aliphatic rings. The second kappa shape index (κ2) is 5.80. The Labute approximate surface area is 107 Å². The van der Waals surface area contributed by atoms with Crippen molar-refractivity contribution in [3.05, 3.63) is 28.2 Å². The van der Waals surface area contributed by atoms with Gasteiger partial charge in [0.1, 0.15) is 0 Å². The van der Waals surface area contributed by atoms with Crippen LogP contribution in [0.5, 0.6) is 0 Å². The van der Waals surface area contributed by atoms with Crippen LogP contribution in [0.4, 0.5) is 18.9 Å². The summed E-state index contributed by atoms with van der Waals surface area (Å²) in [6.45, 7) is 0.848. The zero-order valence-corrected chi connectivity index (χ0v) is 10.4. The van der Waals surface area contributed by atoms with Crippen LogP contribution >= 0.6 is 23.2 Å². The lowest BCUT2D eigenvalue weighted by molar-refractivity contribution is -0.167. The van der Waals surface area contributed by atoms with Gasteiger partial charge >= 0.3 is 6.18 Å². The standard InChI is InChI=1S/C10H11Cl2F3N2/c1-6(10(13,14)15)5-16-17-9-3-2-7(11)4-8(9)12/h2-4,6,16-17H,5H2,1H3. The molecule has 0 aliphatic heterocycles. The summed E-state index contributed by atoms with van der Waals surface area (Å²) in [7, 11) is 0. The summed E-state index contributed by atoms with van der Waals surface area (Å²) in [6.07, 6.45) is -4.21. The van der Waals surface area contributed by atoms with E-state index in [1.807, 2.05) is 0 Å². The fourth-order valence-electron chi connectivity index (χ4n) is 1.01. The van der Waals surface area contributed by atoms with Crippen molar-refractivity contribution >= 4 is 28.9 Å². The van der Waals surface area contributed by atoms with E-state index in [-0.39, 0.29) is 6.54 Å². The first-order valence-electron chi connectivity index (χ1n) is 4.81. The Hall–Kier alpha value is -0.650. The highest BCUT2D eigenvalue weighted by atomic mass is 35.5. The van der Waals surface area contributed by atoms with Gasteiger partial charge in [-0.3, -0.25) is 0 Å². The maximum atomic E-state index is 12.2. The molecule has 7 heteroatoms. The van der Waals surface area contributed by atoms with Crippen molar-refractivity contribution in [2.45, 2.75) is 13.1 Å². The van der Waals surface area contributed by atoms with Gasteiger partial charge in [0.05, 0.1) is 16.6 Å². The molecule has 0 aromatic heterocycles. The molecule has 0 heterocycles. The molecule has 2 N–H and O–H groups in total. The quantitative estimate of drug-likeness (QED) is 0.814. The van der Waals surface area contributed by atoms with E-state index in [0.717, 1.165) is 6.92 Å². The first-order chi connectivity index (χ1) is 7.80. The first-order valence-corrected chi connectivity index (χ1v) is 5.57. The number of nitrogens with one attached hydrogen (secondary N) is 2. The number of hydrazine groups is 1. The number of hydrogen-bond acceptors (Lipinski definition) is 2. The molecule has 0 saturated heterocycles. The third kappa shape index (κ3) is 4.61. The highest BCUT2D eigenvalue weighted by Gasteiger charge is 2.35. The van der Waals surface area contributed by atoms with Crippen molar-refractivity contribution in [2.24, 2.45) is 5.92 Å². The first kappa shape index (κ1) is 14.4. The van der Waals surface area contributed by atoms with Crippen molar-refractivity contribution in [3.8, 4) is 0 Å². The molecule has 1 unspecified atom stereocenters. The largest absolute Gasteiger partial charge is 0.392 e. The van der Waals surface area contributed by atoms with Crippen molar-refractivity contribution in [2.75, 3.05) is 12.0 Å². The normalized spacial score (nSPS) is 13.5. The Kier molecular flexibility index (Phi) is 4.91. The summed E-state index contributed by atoms with van der Waals surface area (Å²) in [5.41, 5.74) is 5.55. The lowest BCUT2D eigenvalue weighted by Crippen LogP contribution is -2.34. The van der Waals surface area contributed by atoms with Gasteiger partial charge in [-0.05, 0) is 18.2 Å². The third-order valence-corrected chi connectivity index (χ3v) is 2.67. The van der Waals surface area contributed by atoms with E-state index in [1.165, 1.54) is 6.07 Å². The Morgan fingerprint density at radius 2 is 1.94 bits per heavy atom. The number of alkyl halides is 3. The van der Waals surface area contributed by atoms with Crippen LogP contribution in [0.3, 0.4) is 0 Å². The van der Waals surface area contributed by atoms with E-state index < -0.39 is 12.1 Å². The van der Waals surface area contributed by atoms with E-state index in [4.69, 9.17) is 23.2 Å². The lowest BCUT2D eigenvalue weighted by atomic mass is 10.2. The van der Waals surface area contributed by atoms with E-state index in [0.29, 0.717) is 15.7 Å². The fourth-order valence-corrected chi connectivity index (χ4v) is 1.46. The van der Waals surface area contributed by atoms with Crippen LogP contribution in [-0.4, -0.2) is 12.7 Å². The third-order valence-electron chi connectivity index (χ3n) is 2.12. The van der Waals surface area contributed by atoms with Gasteiger partial charge in [0.25, 0.3) is 0 Å². The summed E-state index contributed by atoms with van der Waals surface area (Å²) in [5, 5.41) is 0.800. The molecule has 0 aliphatic carbocycles. The smallest absolute Gasteiger partial charge is 0.320 e. The molecule has 0 amide bonds. The maximum absolute atomic E-state index is 12.2. The molecule has 1 rings (SSSR count). The van der Waals surface area contributed by atoms with Gasteiger partial charge in [0.15, 0.2) is 0 Å². The zero-order chi connectivity index (χ0) is 13.1. The average molecular weight is 287 g/mol. The number of anilines is 1. The molecular weight excluding hydrogens is 276 g/mol. The second-order valence-electron chi connectivity index (χ2n) is 3.57. The Balaban J connectivity index is 2.46. The van der Waals surface area contributed by atoms with E-state index >= 15 is 0 Å². The van der Waals surface area contributed by atoms with Crippen molar-refractivity contribution in [1.82, 2.24) is 5.43 Å². The minimum absolute atomic E-state index is 0.248. The number of halogens is 5. The highest BCUT2D eigenvalue weighted by Crippen LogP contribution is 2.26. The van der Waals surface area contributed by atoms with Crippen LogP contribution in [-0.2, 0) is 0 Å². The minimum Gasteiger partial charge on any atom is -0.320 e. The SMILES string of the molecule is CC(CNNc1ccc(Cl)cc1Cl)C(F)(F)F. The predicted octanol–water partition coefficient (Wildman–Crippen LogP) is 4.11. The van der Waals surface area contributed by atoms with Crippen LogP contribution in [0.15, 0.2) is 18.2 Å². The molecule has 0 saturated carbocycles. The van der Waals surface area contributed by atoms with Gasteiger partial charge in [-0.1, -0.05) is 30.1 Å². The molecule has 1 atom stereocenters. The highest BCUT2D eigenvalue weighted by molar-refractivity contribution is 6.36. The number of hydrogen-bond donors (Lipinski definition) is 2. The lowest BCUT2D eigenvalue weighted by Gasteiger charge is -2.17. The molecule has 0 bridgehead atoms. The molecule has 0 spiro atoms. The topological polar surface area (TPSA) is 24.1 Å². The Morgan fingerprint density at radius 3 is 2.47 bits per heavy atom. The second-order valence-corrected chi connectivity index (χ2v) is 4.42. The van der Waals surface area contributed by atoms with Crippen LogP contribution in [0.1, 0.15) is 6.92 Å².